The summed E-state index contributed by atoms with van der Waals surface area (Å²) in [5.74, 6) is -1.01. The number of hydrogen-bond acceptors (Lipinski definition) is 2. The van der Waals surface area contributed by atoms with Gasteiger partial charge in [0.15, 0.2) is 0 Å². The molecule has 0 aliphatic rings. The van der Waals surface area contributed by atoms with Crippen molar-refractivity contribution in [3.05, 3.63) is 40.3 Å². The fourth-order valence-corrected chi connectivity index (χ4v) is 0.881. The quantitative estimate of drug-likeness (QED) is 0.672. The number of hydrogen-bond donors (Lipinski definition) is 1. The summed E-state index contributed by atoms with van der Waals surface area (Å²) in [6, 6.07) is 2.96. The van der Waals surface area contributed by atoms with Gasteiger partial charge in [-0.3, -0.25) is 4.79 Å². The number of aromatic nitrogens is 1. The summed E-state index contributed by atoms with van der Waals surface area (Å²) >= 11 is 0. The van der Waals surface area contributed by atoms with Crippen molar-refractivity contribution in [2.45, 2.75) is 0 Å². The number of aliphatic carboxylic acids is 1. The first-order valence-electron chi connectivity index (χ1n) is 3.67. The maximum atomic E-state index is 10.9. The normalized spacial score (nSPS) is 10.5. The Morgan fingerprint density at radius 1 is 1.54 bits per heavy atom. The van der Waals surface area contributed by atoms with Crippen molar-refractivity contribution < 1.29 is 9.90 Å². The molecule has 0 bridgehead atoms. The van der Waals surface area contributed by atoms with E-state index in [1.54, 1.807) is 19.3 Å². The van der Waals surface area contributed by atoms with Crippen LogP contribution < -0.4 is 5.56 Å². The van der Waals surface area contributed by atoms with Gasteiger partial charge in [0.2, 0.25) is 5.56 Å². The molecule has 0 aliphatic carbocycles. The van der Waals surface area contributed by atoms with Crippen molar-refractivity contribution >= 4 is 12.0 Å². The number of carboxylic acids is 1. The Hall–Kier alpha value is -1.84. The van der Waals surface area contributed by atoms with Crippen LogP contribution in [-0.2, 0) is 11.8 Å². The standard InChI is InChI=1S/C9H9NO3/c1-10-6-7(2-4-8(10)11)3-5-9(12)13/h2-6H,1H3,(H,12,13)/b5-3+. The molecule has 0 unspecified atom stereocenters. The maximum absolute atomic E-state index is 10.9. The minimum Gasteiger partial charge on any atom is -0.478 e. The van der Waals surface area contributed by atoms with Crippen molar-refractivity contribution in [2.24, 2.45) is 7.05 Å². The summed E-state index contributed by atoms with van der Waals surface area (Å²) in [6.45, 7) is 0. The molecule has 4 heteroatoms. The summed E-state index contributed by atoms with van der Waals surface area (Å²) in [5, 5.41) is 8.34. The van der Waals surface area contributed by atoms with E-state index in [1.807, 2.05) is 0 Å². The van der Waals surface area contributed by atoms with Gasteiger partial charge in [-0.15, -0.1) is 0 Å². The van der Waals surface area contributed by atoms with Crippen molar-refractivity contribution in [1.82, 2.24) is 4.57 Å². The van der Waals surface area contributed by atoms with Crippen LogP contribution in [0.15, 0.2) is 29.2 Å². The second-order valence-corrected chi connectivity index (χ2v) is 2.58. The van der Waals surface area contributed by atoms with Gasteiger partial charge < -0.3 is 9.67 Å². The van der Waals surface area contributed by atoms with Crippen LogP contribution in [0.2, 0.25) is 0 Å². The smallest absolute Gasteiger partial charge is 0.328 e. The third-order valence-corrected chi connectivity index (χ3v) is 1.53. The Morgan fingerprint density at radius 2 is 2.23 bits per heavy atom. The number of aryl methyl sites for hydroxylation is 1. The molecule has 4 nitrogen and oxygen atoms in total. The third kappa shape index (κ3) is 2.59. The lowest BCUT2D eigenvalue weighted by Gasteiger charge is -1.96. The van der Waals surface area contributed by atoms with Gasteiger partial charge in [0.1, 0.15) is 0 Å². The van der Waals surface area contributed by atoms with Crippen LogP contribution in [0.4, 0.5) is 0 Å². The second-order valence-electron chi connectivity index (χ2n) is 2.58. The Labute approximate surface area is 74.7 Å². The van der Waals surface area contributed by atoms with E-state index in [-0.39, 0.29) is 5.56 Å². The van der Waals surface area contributed by atoms with Gasteiger partial charge >= 0.3 is 5.97 Å². The Morgan fingerprint density at radius 3 is 2.77 bits per heavy atom. The number of pyridine rings is 1. The molecule has 1 aromatic rings. The fraction of sp³-hybridized carbons (Fsp3) is 0.111. The zero-order valence-corrected chi connectivity index (χ0v) is 7.10. The summed E-state index contributed by atoms with van der Waals surface area (Å²) in [4.78, 5) is 21.1. The fourth-order valence-electron chi connectivity index (χ4n) is 0.881. The monoisotopic (exact) mass is 179 g/mol. The van der Waals surface area contributed by atoms with E-state index in [0.29, 0.717) is 5.56 Å². The lowest BCUT2D eigenvalue weighted by molar-refractivity contribution is -0.131. The molecule has 0 radical (unpaired) electrons. The van der Waals surface area contributed by atoms with E-state index in [9.17, 15) is 9.59 Å². The first-order chi connectivity index (χ1) is 6.09. The summed E-state index contributed by atoms with van der Waals surface area (Å²) in [7, 11) is 1.61. The van der Waals surface area contributed by atoms with Crippen LogP contribution in [0.1, 0.15) is 5.56 Å². The first kappa shape index (κ1) is 9.25. The second kappa shape index (κ2) is 3.71. The molecule has 0 saturated heterocycles. The molecule has 1 aromatic heterocycles. The van der Waals surface area contributed by atoms with E-state index in [1.165, 1.54) is 16.7 Å². The summed E-state index contributed by atoms with van der Waals surface area (Å²) in [6.07, 6.45) is 4.03. The Bertz CT molecular complexity index is 404. The Kier molecular flexibility index (Phi) is 2.64. The zero-order valence-electron chi connectivity index (χ0n) is 7.10. The molecular weight excluding hydrogens is 170 g/mol. The number of rotatable bonds is 2. The SMILES string of the molecule is Cn1cc(/C=C/C(=O)O)ccc1=O. The molecule has 0 amide bonds. The number of carbonyl (C=O) groups is 1. The van der Waals surface area contributed by atoms with E-state index in [0.717, 1.165) is 6.08 Å². The van der Waals surface area contributed by atoms with E-state index in [4.69, 9.17) is 5.11 Å². The average molecular weight is 179 g/mol. The highest BCUT2D eigenvalue weighted by Gasteiger charge is 1.92. The van der Waals surface area contributed by atoms with Crippen molar-refractivity contribution in [2.75, 3.05) is 0 Å². The molecule has 0 aromatic carbocycles. The lowest BCUT2D eigenvalue weighted by atomic mass is 10.2. The van der Waals surface area contributed by atoms with Gasteiger partial charge in [-0.1, -0.05) is 0 Å². The minimum atomic E-state index is -1.01. The van der Waals surface area contributed by atoms with Crippen molar-refractivity contribution in [3.8, 4) is 0 Å². The summed E-state index contributed by atoms with van der Waals surface area (Å²) in [5.41, 5.74) is 0.567. The van der Waals surface area contributed by atoms with Crippen LogP contribution >= 0.6 is 0 Å². The number of carboxylic acid groups (broad SMARTS) is 1. The average Bonchev–Trinajstić information content (AvgIpc) is 2.07. The highest BCUT2D eigenvalue weighted by molar-refractivity contribution is 5.85. The minimum absolute atomic E-state index is 0.118. The van der Waals surface area contributed by atoms with Gasteiger partial charge in [-0.2, -0.15) is 0 Å². The van der Waals surface area contributed by atoms with Gasteiger partial charge in [0.25, 0.3) is 0 Å². The highest BCUT2D eigenvalue weighted by Crippen LogP contribution is 1.97. The van der Waals surface area contributed by atoms with Crippen LogP contribution in [0.5, 0.6) is 0 Å². The molecule has 13 heavy (non-hydrogen) atoms. The molecule has 0 saturated carbocycles. The van der Waals surface area contributed by atoms with Gasteiger partial charge in [-0.25, -0.2) is 4.79 Å². The highest BCUT2D eigenvalue weighted by atomic mass is 16.4. The molecule has 0 atom stereocenters. The van der Waals surface area contributed by atoms with Gasteiger partial charge in [0.05, 0.1) is 0 Å². The van der Waals surface area contributed by atoms with Crippen molar-refractivity contribution in [3.63, 3.8) is 0 Å². The van der Waals surface area contributed by atoms with Crippen LogP contribution in [-0.4, -0.2) is 15.6 Å². The lowest BCUT2D eigenvalue weighted by Crippen LogP contribution is -2.13. The third-order valence-electron chi connectivity index (χ3n) is 1.53. The molecule has 0 aliphatic heterocycles. The molecule has 68 valence electrons. The van der Waals surface area contributed by atoms with E-state index in [2.05, 4.69) is 0 Å². The Balaban J connectivity index is 2.98. The molecule has 1 heterocycles. The largest absolute Gasteiger partial charge is 0.478 e. The van der Waals surface area contributed by atoms with Crippen LogP contribution in [0.3, 0.4) is 0 Å². The molecule has 1 N–H and O–H groups in total. The van der Waals surface area contributed by atoms with Gasteiger partial charge in [0, 0.05) is 25.4 Å². The molecule has 0 fully saturated rings. The summed E-state index contributed by atoms with van der Waals surface area (Å²) < 4.78 is 1.39. The van der Waals surface area contributed by atoms with E-state index < -0.39 is 5.97 Å². The zero-order chi connectivity index (χ0) is 9.84. The number of nitrogens with zero attached hydrogens (tertiary/aromatic N) is 1. The van der Waals surface area contributed by atoms with Crippen LogP contribution in [0, 0.1) is 0 Å². The molecule has 1 rings (SSSR count). The predicted octanol–water partition coefficient (Wildman–Crippen LogP) is 0.483. The molecule has 0 spiro atoms. The van der Waals surface area contributed by atoms with Crippen molar-refractivity contribution in [1.29, 1.82) is 0 Å². The topological polar surface area (TPSA) is 59.3 Å². The maximum Gasteiger partial charge on any atom is 0.328 e. The van der Waals surface area contributed by atoms with Crippen LogP contribution in [0.25, 0.3) is 6.08 Å². The first-order valence-corrected chi connectivity index (χ1v) is 3.67. The predicted molar refractivity (Wildman–Crippen MR) is 48.4 cm³/mol. The molecular formula is C9H9NO3. The van der Waals surface area contributed by atoms with E-state index >= 15 is 0 Å². The van der Waals surface area contributed by atoms with Gasteiger partial charge in [-0.05, 0) is 17.7 Å².